The van der Waals surface area contributed by atoms with Crippen LogP contribution < -0.4 is 19.2 Å². The van der Waals surface area contributed by atoms with Gasteiger partial charge in [0, 0.05) is 6.07 Å². The van der Waals surface area contributed by atoms with Crippen molar-refractivity contribution in [3.63, 3.8) is 0 Å². The van der Waals surface area contributed by atoms with Crippen LogP contribution in [0.3, 0.4) is 0 Å². The Kier molecular flexibility index (Phi) is 7.00. The van der Waals surface area contributed by atoms with Crippen LogP contribution in [0.4, 0.5) is 5.69 Å². The van der Waals surface area contributed by atoms with Gasteiger partial charge in [-0.25, -0.2) is 13.8 Å². The Labute approximate surface area is 164 Å². The molecular weight excluding hydrogens is 382 g/mol. The molecule has 0 atom stereocenters. The molecule has 2 aromatic rings. The third-order valence-corrected chi connectivity index (χ3v) is 5.01. The van der Waals surface area contributed by atoms with Crippen LogP contribution in [-0.2, 0) is 14.8 Å². The average Bonchev–Trinajstić information content (AvgIpc) is 2.69. The largest absolute Gasteiger partial charge is 0.497 e. The number of anilines is 1. The number of carbonyl (C=O) groups excluding carboxylic acids is 1. The summed E-state index contributed by atoms with van der Waals surface area (Å²) in [5.74, 6) is 0.182. The summed E-state index contributed by atoms with van der Waals surface area (Å²) in [6.45, 7) is 1.30. The molecule has 0 aliphatic rings. The Bertz CT molecular complexity index is 959. The first kappa shape index (κ1) is 21.2. The number of ether oxygens (including phenoxy) is 2. The minimum absolute atomic E-state index is 0.227. The van der Waals surface area contributed by atoms with E-state index in [1.54, 1.807) is 19.1 Å². The lowest BCUT2D eigenvalue weighted by Crippen LogP contribution is -2.39. The van der Waals surface area contributed by atoms with E-state index >= 15 is 0 Å². The third-order valence-electron chi connectivity index (χ3n) is 3.88. The van der Waals surface area contributed by atoms with E-state index in [1.165, 1.54) is 20.3 Å². The Hall–Kier alpha value is -3.07. The Balaban J connectivity index is 2.23. The van der Waals surface area contributed by atoms with Gasteiger partial charge in [-0.3, -0.25) is 9.10 Å². The molecule has 1 amide bonds. The van der Waals surface area contributed by atoms with Crippen LogP contribution in [0.25, 0.3) is 0 Å². The maximum absolute atomic E-state index is 12.3. The standard InChI is InChI=1S/C19H23N3O5S/c1-14(15-8-6-5-7-9-15)20-21-19(23)13-22(28(4,24)25)17-11-10-16(26-2)12-18(17)27-3/h5-12H,13H2,1-4H3,(H,21,23)/b20-14-. The van der Waals surface area contributed by atoms with Gasteiger partial charge in [-0.1, -0.05) is 30.3 Å². The first-order valence-electron chi connectivity index (χ1n) is 8.34. The summed E-state index contributed by atoms with van der Waals surface area (Å²) < 4.78 is 35.9. The van der Waals surface area contributed by atoms with E-state index < -0.39 is 22.5 Å². The van der Waals surface area contributed by atoms with Crippen molar-refractivity contribution in [2.45, 2.75) is 6.92 Å². The number of hydrogen-bond donors (Lipinski definition) is 1. The van der Waals surface area contributed by atoms with Crippen LogP contribution >= 0.6 is 0 Å². The third kappa shape index (κ3) is 5.46. The molecule has 0 unspecified atom stereocenters. The lowest BCUT2D eigenvalue weighted by molar-refractivity contribution is -0.119. The van der Waals surface area contributed by atoms with Crippen molar-refractivity contribution in [3.05, 3.63) is 54.1 Å². The van der Waals surface area contributed by atoms with Crippen LogP contribution in [0.5, 0.6) is 11.5 Å². The summed E-state index contributed by atoms with van der Waals surface area (Å²) in [4.78, 5) is 12.3. The fourth-order valence-corrected chi connectivity index (χ4v) is 3.29. The summed E-state index contributed by atoms with van der Waals surface area (Å²) in [5.41, 5.74) is 4.06. The fourth-order valence-electron chi connectivity index (χ4n) is 2.43. The number of sulfonamides is 1. The van der Waals surface area contributed by atoms with E-state index in [0.717, 1.165) is 16.1 Å². The normalized spacial score (nSPS) is 11.6. The molecular formula is C19H23N3O5S. The number of rotatable bonds is 8. The first-order valence-corrected chi connectivity index (χ1v) is 10.2. The molecule has 0 saturated carbocycles. The molecule has 150 valence electrons. The number of amides is 1. The Morgan fingerprint density at radius 2 is 1.79 bits per heavy atom. The predicted octanol–water partition coefficient (Wildman–Crippen LogP) is 2.01. The fraction of sp³-hybridized carbons (Fsp3) is 0.263. The van der Waals surface area contributed by atoms with Crippen molar-refractivity contribution in [1.29, 1.82) is 0 Å². The zero-order chi connectivity index (χ0) is 20.7. The van der Waals surface area contributed by atoms with Gasteiger partial charge in [-0.05, 0) is 24.6 Å². The topological polar surface area (TPSA) is 97.3 Å². The predicted molar refractivity (Wildman–Crippen MR) is 109 cm³/mol. The van der Waals surface area contributed by atoms with Crippen LogP contribution in [0.1, 0.15) is 12.5 Å². The van der Waals surface area contributed by atoms with Crippen molar-refractivity contribution < 1.29 is 22.7 Å². The highest BCUT2D eigenvalue weighted by molar-refractivity contribution is 7.92. The molecule has 2 aromatic carbocycles. The molecule has 9 heteroatoms. The van der Waals surface area contributed by atoms with Crippen LogP contribution in [-0.4, -0.2) is 47.1 Å². The zero-order valence-corrected chi connectivity index (χ0v) is 17.0. The number of nitrogens with one attached hydrogen (secondary N) is 1. The Morgan fingerprint density at radius 1 is 1.11 bits per heavy atom. The highest BCUT2D eigenvalue weighted by atomic mass is 32.2. The molecule has 0 radical (unpaired) electrons. The molecule has 0 aliphatic carbocycles. The molecule has 8 nitrogen and oxygen atoms in total. The van der Waals surface area contributed by atoms with Gasteiger partial charge < -0.3 is 9.47 Å². The van der Waals surface area contributed by atoms with Gasteiger partial charge in [0.2, 0.25) is 10.0 Å². The molecule has 2 rings (SSSR count). The molecule has 0 spiro atoms. The van der Waals surface area contributed by atoms with Crippen LogP contribution in [0.15, 0.2) is 53.6 Å². The minimum atomic E-state index is -3.75. The second-order valence-corrected chi connectivity index (χ2v) is 7.81. The van der Waals surface area contributed by atoms with E-state index in [0.29, 0.717) is 11.5 Å². The first-order chi connectivity index (χ1) is 13.3. The van der Waals surface area contributed by atoms with Gasteiger partial charge in [-0.15, -0.1) is 0 Å². The maximum Gasteiger partial charge on any atom is 0.260 e. The van der Waals surface area contributed by atoms with Crippen LogP contribution in [0.2, 0.25) is 0 Å². The molecule has 0 aliphatic heterocycles. The van der Waals surface area contributed by atoms with Crippen molar-refractivity contribution in [1.82, 2.24) is 5.43 Å². The van der Waals surface area contributed by atoms with Crippen molar-refractivity contribution in [2.24, 2.45) is 5.10 Å². The minimum Gasteiger partial charge on any atom is -0.497 e. The van der Waals surface area contributed by atoms with Gasteiger partial charge in [0.25, 0.3) is 5.91 Å². The lowest BCUT2D eigenvalue weighted by atomic mass is 10.1. The van der Waals surface area contributed by atoms with Crippen molar-refractivity contribution in [3.8, 4) is 11.5 Å². The van der Waals surface area contributed by atoms with Gasteiger partial charge in [0.1, 0.15) is 18.0 Å². The molecule has 0 heterocycles. The smallest absolute Gasteiger partial charge is 0.260 e. The van der Waals surface area contributed by atoms with Gasteiger partial charge in [0.15, 0.2) is 0 Å². The van der Waals surface area contributed by atoms with E-state index in [2.05, 4.69) is 10.5 Å². The molecule has 0 fully saturated rings. The quantitative estimate of drug-likeness (QED) is 0.535. The highest BCUT2D eigenvalue weighted by Gasteiger charge is 2.24. The average molecular weight is 405 g/mol. The van der Waals surface area contributed by atoms with Crippen molar-refractivity contribution >= 4 is 27.3 Å². The molecule has 1 N–H and O–H groups in total. The van der Waals surface area contributed by atoms with Gasteiger partial charge in [0.05, 0.1) is 31.9 Å². The summed E-state index contributed by atoms with van der Waals surface area (Å²) in [5, 5.41) is 4.04. The maximum atomic E-state index is 12.3. The molecule has 0 bridgehead atoms. The van der Waals surface area contributed by atoms with E-state index in [1.807, 2.05) is 30.3 Å². The summed E-state index contributed by atoms with van der Waals surface area (Å²) in [6, 6.07) is 14.0. The SMILES string of the molecule is COc1ccc(N(CC(=O)N/N=C(/C)c2ccccc2)S(C)(=O)=O)c(OC)c1. The van der Waals surface area contributed by atoms with Crippen LogP contribution in [0, 0.1) is 0 Å². The second-order valence-electron chi connectivity index (χ2n) is 5.91. The summed E-state index contributed by atoms with van der Waals surface area (Å²) in [7, 11) is -0.854. The number of methoxy groups -OCH3 is 2. The van der Waals surface area contributed by atoms with Crippen molar-refractivity contribution in [2.75, 3.05) is 31.3 Å². The number of benzene rings is 2. The number of carbonyl (C=O) groups is 1. The summed E-state index contributed by atoms with van der Waals surface area (Å²) in [6.07, 6.45) is 1.02. The second kappa shape index (κ2) is 9.23. The van der Waals surface area contributed by atoms with Gasteiger partial charge in [-0.2, -0.15) is 5.10 Å². The highest BCUT2D eigenvalue weighted by Crippen LogP contribution is 2.33. The zero-order valence-electron chi connectivity index (χ0n) is 16.2. The number of hydrazone groups is 1. The monoisotopic (exact) mass is 405 g/mol. The van der Waals surface area contributed by atoms with E-state index in [-0.39, 0.29) is 11.4 Å². The number of hydrogen-bond acceptors (Lipinski definition) is 6. The van der Waals surface area contributed by atoms with E-state index in [4.69, 9.17) is 9.47 Å². The van der Waals surface area contributed by atoms with E-state index in [9.17, 15) is 13.2 Å². The number of nitrogens with zero attached hydrogens (tertiary/aromatic N) is 2. The Morgan fingerprint density at radius 3 is 2.36 bits per heavy atom. The molecule has 0 aromatic heterocycles. The molecule has 0 saturated heterocycles. The van der Waals surface area contributed by atoms with Gasteiger partial charge >= 0.3 is 0 Å². The lowest BCUT2D eigenvalue weighted by Gasteiger charge is -2.23. The summed E-state index contributed by atoms with van der Waals surface area (Å²) >= 11 is 0. The molecule has 28 heavy (non-hydrogen) atoms.